The minimum atomic E-state index is 0.828. The Hall–Kier alpha value is -0.240. The second-order valence-corrected chi connectivity index (χ2v) is 10.8. The van der Waals surface area contributed by atoms with Crippen LogP contribution in [-0.4, -0.2) is 99.4 Å². The summed E-state index contributed by atoms with van der Waals surface area (Å²) < 4.78 is 0. The summed E-state index contributed by atoms with van der Waals surface area (Å²) in [6, 6.07) is 3.31. The maximum Gasteiger partial charge on any atom is 0.0122 e. The zero-order valence-corrected chi connectivity index (χ0v) is 20.8. The number of rotatable bonds is 11. The number of nitrogens with zero attached hydrogens (tertiary/aromatic N) is 2. The molecule has 0 amide bonds. The van der Waals surface area contributed by atoms with Gasteiger partial charge in [0.2, 0.25) is 0 Å². The molecule has 4 aliphatic rings. The standard InChI is InChI=1S/C26H52N6/c1(3-21-31(23-5-13-27-14-6-23)24-7-15-28-16-8-24)2-4-22-32(25-9-17-29-18-10-25)26-11-19-30-20-12-26/h23-30H,1-22H2. The molecule has 0 aromatic heterocycles. The van der Waals surface area contributed by atoms with Crippen LogP contribution in [0.5, 0.6) is 0 Å². The number of nitrogens with one attached hydrogen (secondary N) is 4. The van der Waals surface area contributed by atoms with Crippen LogP contribution < -0.4 is 21.3 Å². The Morgan fingerprint density at radius 1 is 0.375 bits per heavy atom. The number of piperidine rings is 4. The maximum atomic E-state index is 3.57. The lowest BCUT2D eigenvalue weighted by Gasteiger charge is -2.42. The van der Waals surface area contributed by atoms with Crippen molar-refractivity contribution in [1.82, 2.24) is 31.1 Å². The van der Waals surface area contributed by atoms with E-state index in [0.29, 0.717) is 0 Å². The van der Waals surface area contributed by atoms with Crippen LogP contribution in [0.1, 0.15) is 77.0 Å². The minimum Gasteiger partial charge on any atom is -0.317 e. The fraction of sp³-hybridized carbons (Fsp3) is 1.00. The predicted molar refractivity (Wildman–Crippen MR) is 135 cm³/mol. The van der Waals surface area contributed by atoms with Crippen LogP contribution in [0.15, 0.2) is 0 Å². The van der Waals surface area contributed by atoms with Gasteiger partial charge in [-0.3, -0.25) is 9.80 Å². The molecule has 0 saturated carbocycles. The zero-order chi connectivity index (χ0) is 21.8. The summed E-state index contributed by atoms with van der Waals surface area (Å²) in [6.45, 7) is 12.4. The molecule has 0 unspecified atom stereocenters. The van der Waals surface area contributed by atoms with E-state index in [-0.39, 0.29) is 0 Å². The van der Waals surface area contributed by atoms with Gasteiger partial charge in [-0.15, -0.1) is 0 Å². The smallest absolute Gasteiger partial charge is 0.0122 e. The first-order valence-electron chi connectivity index (χ1n) is 14.3. The Kier molecular flexibility index (Phi) is 11.1. The van der Waals surface area contributed by atoms with E-state index in [1.807, 2.05) is 0 Å². The van der Waals surface area contributed by atoms with Crippen LogP contribution in [-0.2, 0) is 0 Å². The van der Waals surface area contributed by atoms with Gasteiger partial charge in [0.25, 0.3) is 0 Å². The van der Waals surface area contributed by atoms with E-state index in [1.54, 1.807) is 0 Å². The molecular formula is C26H52N6. The van der Waals surface area contributed by atoms with E-state index in [4.69, 9.17) is 0 Å². The van der Waals surface area contributed by atoms with Gasteiger partial charge >= 0.3 is 0 Å². The normalized spacial score (nSPS) is 25.7. The van der Waals surface area contributed by atoms with Crippen molar-refractivity contribution >= 4 is 0 Å². The highest BCUT2D eigenvalue weighted by Crippen LogP contribution is 2.23. The molecule has 4 saturated heterocycles. The molecule has 0 radical (unpaired) electrons. The molecule has 0 aliphatic carbocycles. The van der Waals surface area contributed by atoms with Gasteiger partial charge in [-0.05, 0) is 130 Å². The Labute approximate surface area is 198 Å². The lowest BCUT2D eigenvalue weighted by atomic mass is 9.96. The van der Waals surface area contributed by atoms with E-state index in [9.17, 15) is 0 Å². The lowest BCUT2D eigenvalue weighted by Crippen LogP contribution is -2.51. The van der Waals surface area contributed by atoms with Gasteiger partial charge in [0.15, 0.2) is 0 Å². The van der Waals surface area contributed by atoms with E-state index in [2.05, 4.69) is 31.1 Å². The van der Waals surface area contributed by atoms with Gasteiger partial charge in [0.05, 0.1) is 0 Å². The lowest BCUT2D eigenvalue weighted by molar-refractivity contribution is 0.0822. The predicted octanol–water partition coefficient (Wildman–Crippen LogP) is 2.16. The average Bonchev–Trinajstić information content (AvgIpc) is 2.88. The molecule has 0 aromatic rings. The van der Waals surface area contributed by atoms with Crippen molar-refractivity contribution in [3.63, 3.8) is 0 Å². The Morgan fingerprint density at radius 3 is 0.875 bits per heavy atom. The van der Waals surface area contributed by atoms with Crippen LogP contribution in [0.25, 0.3) is 0 Å². The zero-order valence-electron chi connectivity index (χ0n) is 20.8. The van der Waals surface area contributed by atoms with Crippen molar-refractivity contribution in [1.29, 1.82) is 0 Å². The molecule has 0 atom stereocenters. The van der Waals surface area contributed by atoms with Gasteiger partial charge < -0.3 is 21.3 Å². The fourth-order valence-electron chi connectivity index (χ4n) is 6.82. The quantitative estimate of drug-likeness (QED) is 0.364. The summed E-state index contributed by atoms with van der Waals surface area (Å²) in [4.78, 5) is 5.88. The van der Waals surface area contributed by atoms with Crippen molar-refractivity contribution in [3.8, 4) is 0 Å². The summed E-state index contributed by atoms with van der Waals surface area (Å²) in [6.07, 6.45) is 16.4. The molecule has 4 N–H and O–H groups in total. The Morgan fingerprint density at radius 2 is 0.625 bits per heavy atom. The van der Waals surface area contributed by atoms with Gasteiger partial charge in [0.1, 0.15) is 0 Å². The van der Waals surface area contributed by atoms with Crippen molar-refractivity contribution in [2.24, 2.45) is 0 Å². The van der Waals surface area contributed by atoms with Crippen LogP contribution in [0.3, 0.4) is 0 Å². The first-order chi connectivity index (χ1) is 15.9. The third kappa shape index (κ3) is 7.64. The van der Waals surface area contributed by atoms with E-state index in [0.717, 1.165) is 24.2 Å². The molecule has 0 aromatic carbocycles. The van der Waals surface area contributed by atoms with Crippen molar-refractivity contribution in [3.05, 3.63) is 0 Å². The van der Waals surface area contributed by atoms with Crippen LogP contribution >= 0.6 is 0 Å². The topological polar surface area (TPSA) is 54.6 Å². The molecule has 0 spiro atoms. The highest BCUT2D eigenvalue weighted by molar-refractivity contribution is 4.87. The molecule has 0 bridgehead atoms. The molecule has 186 valence electrons. The summed E-state index contributed by atoms with van der Waals surface area (Å²) in [7, 11) is 0. The first-order valence-corrected chi connectivity index (χ1v) is 14.3. The highest BCUT2D eigenvalue weighted by Gasteiger charge is 2.29. The Balaban J connectivity index is 1.19. The third-order valence-corrected chi connectivity index (χ3v) is 8.69. The van der Waals surface area contributed by atoms with Gasteiger partial charge in [-0.25, -0.2) is 0 Å². The monoisotopic (exact) mass is 448 g/mol. The SMILES string of the molecule is C(CCCN(C1CCNCC1)C1CCNCC1)CCN(C1CCNCC1)C1CCNCC1. The molecule has 4 rings (SSSR count). The van der Waals surface area contributed by atoms with Crippen LogP contribution in [0.4, 0.5) is 0 Å². The minimum absolute atomic E-state index is 0.828. The molecule has 4 fully saturated rings. The second kappa shape index (κ2) is 14.2. The summed E-state index contributed by atoms with van der Waals surface area (Å²) in [5.74, 6) is 0. The molecular weight excluding hydrogens is 396 g/mol. The van der Waals surface area contributed by atoms with Crippen molar-refractivity contribution in [2.45, 2.75) is 101 Å². The molecule has 6 nitrogen and oxygen atoms in total. The number of unbranched alkanes of at least 4 members (excludes halogenated alkanes) is 3. The van der Waals surface area contributed by atoms with Crippen LogP contribution in [0, 0.1) is 0 Å². The van der Waals surface area contributed by atoms with E-state index >= 15 is 0 Å². The van der Waals surface area contributed by atoms with Gasteiger partial charge in [-0.2, -0.15) is 0 Å². The summed E-state index contributed by atoms with van der Waals surface area (Å²) in [5, 5.41) is 14.3. The third-order valence-electron chi connectivity index (χ3n) is 8.69. The van der Waals surface area contributed by atoms with Crippen molar-refractivity contribution < 1.29 is 0 Å². The average molecular weight is 449 g/mol. The Bertz CT molecular complexity index is 399. The number of hydrogen-bond acceptors (Lipinski definition) is 6. The molecule has 4 aliphatic heterocycles. The molecule has 32 heavy (non-hydrogen) atoms. The fourth-order valence-corrected chi connectivity index (χ4v) is 6.82. The number of hydrogen-bond donors (Lipinski definition) is 4. The summed E-state index contributed by atoms with van der Waals surface area (Å²) >= 11 is 0. The van der Waals surface area contributed by atoms with E-state index in [1.165, 1.54) is 142 Å². The maximum absolute atomic E-state index is 3.57. The highest BCUT2D eigenvalue weighted by atomic mass is 15.2. The first kappa shape index (κ1) is 24.9. The molecule has 6 heteroatoms. The summed E-state index contributed by atoms with van der Waals surface area (Å²) in [5.41, 5.74) is 0. The van der Waals surface area contributed by atoms with Gasteiger partial charge in [-0.1, -0.05) is 12.8 Å². The van der Waals surface area contributed by atoms with Crippen molar-refractivity contribution in [2.75, 3.05) is 65.4 Å². The van der Waals surface area contributed by atoms with Crippen LogP contribution in [0.2, 0.25) is 0 Å². The largest absolute Gasteiger partial charge is 0.317 e. The second-order valence-electron chi connectivity index (χ2n) is 10.8. The molecule has 4 heterocycles. The van der Waals surface area contributed by atoms with E-state index < -0.39 is 0 Å². The van der Waals surface area contributed by atoms with Gasteiger partial charge in [0, 0.05) is 24.2 Å².